The zero-order chi connectivity index (χ0) is 15.9. The fourth-order valence-corrected chi connectivity index (χ4v) is 3.85. The zero-order valence-electron chi connectivity index (χ0n) is 12.6. The molecule has 0 bridgehead atoms. The van der Waals surface area contributed by atoms with Crippen LogP contribution in [0.15, 0.2) is 23.1 Å². The molecule has 0 aliphatic carbocycles. The first-order chi connectivity index (χ1) is 9.90. The molecule has 0 aromatic heterocycles. The summed E-state index contributed by atoms with van der Waals surface area (Å²) in [6, 6.07) is 3.72. The average molecular weight is 334 g/mol. The number of thioether (sulfide) groups is 1. The van der Waals surface area contributed by atoms with Gasteiger partial charge in [0.1, 0.15) is 5.82 Å². The first-order valence-electron chi connectivity index (χ1n) is 7.00. The van der Waals surface area contributed by atoms with E-state index in [0.717, 1.165) is 5.75 Å². The second kappa shape index (κ2) is 8.73. The predicted octanol–water partition coefficient (Wildman–Crippen LogP) is 2.36. The Bertz CT molecular complexity index is 550. The molecular formula is C14H23FN2O2S2. The van der Waals surface area contributed by atoms with Crippen LogP contribution in [0.5, 0.6) is 0 Å². The lowest BCUT2D eigenvalue weighted by Gasteiger charge is -2.14. The minimum atomic E-state index is -3.61. The lowest BCUT2D eigenvalue weighted by Crippen LogP contribution is -2.34. The van der Waals surface area contributed by atoms with Crippen LogP contribution in [0, 0.1) is 5.82 Å². The van der Waals surface area contributed by atoms with Gasteiger partial charge in [0.15, 0.2) is 0 Å². The van der Waals surface area contributed by atoms with Gasteiger partial charge in [-0.2, -0.15) is 11.8 Å². The molecule has 0 heterocycles. The topological polar surface area (TPSA) is 58.2 Å². The standard InChI is InChI=1S/C14H23FN2O2S2/c1-4-16-9-12-8-13(6-7-14(12)15)21(18,19)17-11(3)10-20-5-2/h6-8,11,16-17H,4-5,9-10H2,1-3H3. The Morgan fingerprint density at radius 2 is 2.05 bits per heavy atom. The van der Waals surface area contributed by atoms with Crippen LogP contribution < -0.4 is 10.0 Å². The Hall–Kier alpha value is -0.630. The first-order valence-corrected chi connectivity index (χ1v) is 9.63. The summed E-state index contributed by atoms with van der Waals surface area (Å²) in [4.78, 5) is 0.102. The van der Waals surface area contributed by atoms with Crippen molar-refractivity contribution in [3.63, 3.8) is 0 Å². The van der Waals surface area contributed by atoms with Crippen LogP contribution in [0.3, 0.4) is 0 Å². The quantitative estimate of drug-likeness (QED) is 0.728. The Kier molecular flexibility index (Phi) is 7.65. The van der Waals surface area contributed by atoms with Gasteiger partial charge in [0.25, 0.3) is 0 Å². The van der Waals surface area contributed by atoms with Crippen molar-refractivity contribution in [3.05, 3.63) is 29.6 Å². The highest BCUT2D eigenvalue weighted by Gasteiger charge is 2.18. The van der Waals surface area contributed by atoms with Crippen molar-refractivity contribution >= 4 is 21.8 Å². The molecule has 0 fully saturated rings. The van der Waals surface area contributed by atoms with Crippen molar-refractivity contribution < 1.29 is 12.8 Å². The summed E-state index contributed by atoms with van der Waals surface area (Å²) >= 11 is 1.67. The number of nitrogens with one attached hydrogen (secondary N) is 2. The molecule has 21 heavy (non-hydrogen) atoms. The third kappa shape index (κ3) is 5.94. The van der Waals surface area contributed by atoms with E-state index in [2.05, 4.69) is 10.0 Å². The molecule has 0 aliphatic rings. The Morgan fingerprint density at radius 3 is 2.67 bits per heavy atom. The summed E-state index contributed by atoms with van der Waals surface area (Å²) in [6.45, 7) is 6.77. The summed E-state index contributed by atoms with van der Waals surface area (Å²) in [5, 5.41) is 2.99. The highest BCUT2D eigenvalue weighted by molar-refractivity contribution is 7.99. The fraction of sp³-hybridized carbons (Fsp3) is 0.571. The van der Waals surface area contributed by atoms with Gasteiger partial charge in [-0.15, -0.1) is 0 Å². The SMILES string of the molecule is CCNCc1cc(S(=O)(=O)NC(C)CSCC)ccc1F. The number of benzene rings is 1. The van der Waals surface area contributed by atoms with Gasteiger partial charge >= 0.3 is 0 Å². The van der Waals surface area contributed by atoms with E-state index in [0.29, 0.717) is 24.4 Å². The Morgan fingerprint density at radius 1 is 1.33 bits per heavy atom. The van der Waals surface area contributed by atoms with E-state index in [9.17, 15) is 12.8 Å². The van der Waals surface area contributed by atoms with Gasteiger partial charge in [0.05, 0.1) is 4.90 Å². The maximum Gasteiger partial charge on any atom is 0.240 e. The van der Waals surface area contributed by atoms with Crippen molar-refractivity contribution in [1.29, 1.82) is 0 Å². The van der Waals surface area contributed by atoms with Crippen LogP contribution in [0.2, 0.25) is 0 Å². The first kappa shape index (κ1) is 18.4. The largest absolute Gasteiger partial charge is 0.313 e. The summed E-state index contributed by atoms with van der Waals surface area (Å²) in [7, 11) is -3.61. The number of rotatable bonds is 9. The molecule has 2 N–H and O–H groups in total. The van der Waals surface area contributed by atoms with E-state index >= 15 is 0 Å². The third-order valence-corrected chi connectivity index (χ3v) is 5.55. The lowest BCUT2D eigenvalue weighted by molar-refractivity contribution is 0.568. The molecular weight excluding hydrogens is 311 g/mol. The van der Waals surface area contributed by atoms with Crippen molar-refractivity contribution in [2.45, 2.75) is 38.3 Å². The van der Waals surface area contributed by atoms with Crippen LogP contribution in [-0.4, -0.2) is 32.5 Å². The summed E-state index contributed by atoms with van der Waals surface area (Å²) in [6.07, 6.45) is 0. The maximum atomic E-state index is 13.7. The molecule has 0 saturated heterocycles. The predicted molar refractivity (Wildman–Crippen MR) is 86.6 cm³/mol. The van der Waals surface area contributed by atoms with E-state index in [-0.39, 0.29) is 10.9 Å². The molecule has 120 valence electrons. The molecule has 0 aliphatic heterocycles. The molecule has 1 atom stereocenters. The number of hydrogen-bond donors (Lipinski definition) is 2. The monoisotopic (exact) mass is 334 g/mol. The van der Waals surface area contributed by atoms with Crippen molar-refractivity contribution in [3.8, 4) is 0 Å². The third-order valence-electron chi connectivity index (χ3n) is 2.82. The Labute approximate surface area is 131 Å². The van der Waals surface area contributed by atoms with Gasteiger partial charge in [0.2, 0.25) is 10.0 Å². The summed E-state index contributed by atoms with van der Waals surface area (Å²) in [5.74, 6) is 1.25. The Balaban J connectivity index is 2.87. The molecule has 4 nitrogen and oxygen atoms in total. The van der Waals surface area contributed by atoms with E-state index in [1.165, 1.54) is 18.2 Å². The number of sulfonamides is 1. The lowest BCUT2D eigenvalue weighted by atomic mass is 10.2. The average Bonchev–Trinajstić information content (AvgIpc) is 2.43. The molecule has 0 radical (unpaired) electrons. The molecule has 1 rings (SSSR count). The van der Waals surface area contributed by atoms with Gasteiger partial charge in [-0.1, -0.05) is 13.8 Å². The van der Waals surface area contributed by atoms with Gasteiger partial charge in [-0.3, -0.25) is 0 Å². The van der Waals surface area contributed by atoms with Gasteiger partial charge in [0, 0.05) is 23.9 Å². The molecule has 1 unspecified atom stereocenters. The van der Waals surface area contributed by atoms with Crippen LogP contribution in [0.4, 0.5) is 4.39 Å². The van der Waals surface area contributed by atoms with E-state index in [4.69, 9.17) is 0 Å². The smallest absolute Gasteiger partial charge is 0.240 e. The number of halogens is 1. The maximum absolute atomic E-state index is 13.7. The molecule has 7 heteroatoms. The fourth-order valence-electron chi connectivity index (χ4n) is 1.77. The minimum absolute atomic E-state index is 0.102. The van der Waals surface area contributed by atoms with Crippen LogP contribution in [0.1, 0.15) is 26.3 Å². The van der Waals surface area contributed by atoms with Crippen molar-refractivity contribution in [2.24, 2.45) is 0 Å². The van der Waals surface area contributed by atoms with Crippen molar-refractivity contribution in [1.82, 2.24) is 10.0 Å². The van der Waals surface area contributed by atoms with Crippen molar-refractivity contribution in [2.75, 3.05) is 18.1 Å². The van der Waals surface area contributed by atoms with Crippen LogP contribution in [0.25, 0.3) is 0 Å². The number of hydrogen-bond acceptors (Lipinski definition) is 4. The van der Waals surface area contributed by atoms with Crippen LogP contribution >= 0.6 is 11.8 Å². The molecule has 1 aromatic rings. The second-order valence-electron chi connectivity index (χ2n) is 4.72. The van der Waals surface area contributed by atoms with E-state index in [1.807, 2.05) is 20.8 Å². The molecule has 1 aromatic carbocycles. The normalized spacial score (nSPS) is 13.3. The highest BCUT2D eigenvalue weighted by atomic mass is 32.2. The minimum Gasteiger partial charge on any atom is -0.313 e. The highest BCUT2D eigenvalue weighted by Crippen LogP contribution is 2.16. The molecule has 0 spiro atoms. The second-order valence-corrected chi connectivity index (χ2v) is 7.75. The van der Waals surface area contributed by atoms with Gasteiger partial charge in [-0.25, -0.2) is 17.5 Å². The van der Waals surface area contributed by atoms with Gasteiger partial charge in [-0.05, 0) is 37.4 Å². The molecule has 0 amide bonds. The summed E-state index contributed by atoms with van der Waals surface area (Å²) < 4.78 is 40.8. The zero-order valence-corrected chi connectivity index (χ0v) is 14.3. The van der Waals surface area contributed by atoms with E-state index in [1.54, 1.807) is 11.8 Å². The molecule has 0 saturated carbocycles. The van der Waals surface area contributed by atoms with Crippen LogP contribution in [-0.2, 0) is 16.6 Å². The van der Waals surface area contributed by atoms with Gasteiger partial charge < -0.3 is 5.32 Å². The van der Waals surface area contributed by atoms with E-state index < -0.39 is 15.8 Å². The summed E-state index contributed by atoms with van der Waals surface area (Å²) in [5.41, 5.74) is 0.357.